The van der Waals surface area contributed by atoms with Crippen molar-refractivity contribution in [3.8, 4) is 11.5 Å². The molecule has 1 aromatic heterocycles. The number of pyridine rings is 1. The number of aryl methyl sites for hydroxylation is 1. The van der Waals surface area contributed by atoms with E-state index in [1.54, 1.807) is 21.3 Å². The van der Waals surface area contributed by atoms with Gasteiger partial charge < -0.3 is 20.1 Å². The average Bonchev–Trinajstić information content (AvgIpc) is 2.67. The molecule has 0 bridgehead atoms. The predicted octanol–water partition coefficient (Wildman–Crippen LogP) is 2.88. The zero-order valence-electron chi connectivity index (χ0n) is 16.2. The Labute approximate surface area is 155 Å². The van der Waals surface area contributed by atoms with Crippen LogP contribution in [0, 0.1) is 6.92 Å². The van der Waals surface area contributed by atoms with Crippen molar-refractivity contribution in [2.45, 2.75) is 26.3 Å². The summed E-state index contributed by atoms with van der Waals surface area (Å²) >= 11 is 0. The second-order valence-electron chi connectivity index (χ2n) is 6.03. The number of aliphatic imine (C=N–C) groups is 1. The summed E-state index contributed by atoms with van der Waals surface area (Å²) in [5.41, 5.74) is 3.50. The molecule has 2 rings (SSSR count). The molecule has 0 fully saturated rings. The molecule has 140 valence electrons. The highest BCUT2D eigenvalue weighted by Crippen LogP contribution is 2.29. The molecule has 6 nitrogen and oxygen atoms in total. The summed E-state index contributed by atoms with van der Waals surface area (Å²) in [6.45, 7) is 4.93. The Hall–Kier alpha value is -2.76. The minimum Gasteiger partial charge on any atom is -0.497 e. The molecule has 2 N–H and O–H groups in total. The minimum absolute atomic E-state index is 0.00825. The maximum atomic E-state index is 5.47. The fourth-order valence-corrected chi connectivity index (χ4v) is 2.75. The van der Waals surface area contributed by atoms with Gasteiger partial charge in [-0.2, -0.15) is 0 Å². The first kappa shape index (κ1) is 19.6. The second kappa shape index (κ2) is 9.65. The van der Waals surface area contributed by atoms with Crippen molar-refractivity contribution in [3.63, 3.8) is 0 Å². The number of nitrogens with zero attached hydrogens (tertiary/aromatic N) is 2. The van der Waals surface area contributed by atoms with Crippen LogP contribution >= 0.6 is 0 Å². The van der Waals surface area contributed by atoms with Crippen molar-refractivity contribution in [1.29, 1.82) is 0 Å². The van der Waals surface area contributed by atoms with E-state index in [1.807, 2.05) is 30.6 Å². The van der Waals surface area contributed by atoms with Crippen LogP contribution in [-0.4, -0.2) is 38.8 Å². The van der Waals surface area contributed by atoms with Gasteiger partial charge in [0.05, 0.1) is 20.3 Å². The Morgan fingerprint density at radius 1 is 1.23 bits per heavy atom. The van der Waals surface area contributed by atoms with Crippen molar-refractivity contribution < 1.29 is 9.47 Å². The van der Waals surface area contributed by atoms with E-state index >= 15 is 0 Å². The normalized spacial score (nSPS) is 12.4. The molecule has 0 amide bonds. The molecular formula is C20H28N4O2. The average molecular weight is 356 g/mol. The highest BCUT2D eigenvalue weighted by atomic mass is 16.5. The van der Waals surface area contributed by atoms with E-state index in [0.29, 0.717) is 0 Å². The highest BCUT2D eigenvalue weighted by Gasteiger charge is 2.14. The van der Waals surface area contributed by atoms with Crippen LogP contribution in [0.1, 0.15) is 29.7 Å². The van der Waals surface area contributed by atoms with Crippen molar-refractivity contribution in [2.24, 2.45) is 4.99 Å². The SMILES string of the molecule is CN=C(NCCc1ccncc1C)NC(C)c1cc(OC)ccc1OC. The lowest BCUT2D eigenvalue weighted by molar-refractivity contribution is 0.394. The first-order valence-electron chi connectivity index (χ1n) is 8.67. The van der Waals surface area contributed by atoms with Crippen LogP contribution in [0.25, 0.3) is 0 Å². The number of benzene rings is 1. The summed E-state index contributed by atoms with van der Waals surface area (Å²) < 4.78 is 10.8. The third-order valence-electron chi connectivity index (χ3n) is 4.30. The molecular weight excluding hydrogens is 328 g/mol. The highest BCUT2D eigenvalue weighted by molar-refractivity contribution is 5.80. The van der Waals surface area contributed by atoms with Crippen LogP contribution in [0.2, 0.25) is 0 Å². The standard InChI is InChI=1S/C20H28N4O2/c1-14-13-22-10-8-16(14)9-11-23-20(21-3)24-15(2)18-12-17(25-4)6-7-19(18)26-5/h6-8,10,12-13,15H,9,11H2,1-5H3,(H2,21,23,24). The molecule has 6 heteroatoms. The molecule has 0 spiro atoms. The summed E-state index contributed by atoms with van der Waals surface area (Å²) in [7, 11) is 5.09. The summed E-state index contributed by atoms with van der Waals surface area (Å²) in [5.74, 6) is 2.35. The Kier molecular flexibility index (Phi) is 7.26. The monoisotopic (exact) mass is 356 g/mol. The zero-order chi connectivity index (χ0) is 18.9. The van der Waals surface area contributed by atoms with Gasteiger partial charge in [0.2, 0.25) is 0 Å². The lowest BCUT2D eigenvalue weighted by Crippen LogP contribution is -2.39. The van der Waals surface area contributed by atoms with Crippen LogP contribution < -0.4 is 20.1 Å². The Balaban J connectivity index is 1.98. The quantitative estimate of drug-likeness (QED) is 0.590. The maximum Gasteiger partial charge on any atom is 0.191 e. The first-order valence-corrected chi connectivity index (χ1v) is 8.67. The number of aromatic nitrogens is 1. The molecule has 0 saturated carbocycles. The van der Waals surface area contributed by atoms with E-state index in [4.69, 9.17) is 9.47 Å². The molecule has 2 aromatic rings. The lowest BCUT2D eigenvalue weighted by Gasteiger charge is -2.21. The molecule has 0 aliphatic heterocycles. The summed E-state index contributed by atoms with van der Waals surface area (Å²) in [6, 6.07) is 7.84. The third kappa shape index (κ3) is 5.12. The maximum absolute atomic E-state index is 5.47. The van der Waals surface area contributed by atoms with E-state index in [0.717, 1.165) is 36.0 Å². The van der Waals surface area contributed by atoms with Gasteiger partial charge >= 0.3 is 0 Å². The molecule has 0 aliphatic carbocycles. The number of guanidine groups is 1. The van der Waals surface area contributed by atoms with Gasteiger partial charge in [-0.1, -0.05) is 0 Å². The molecule has 1 unspecified atom stereocenters. The van der Waals surface area contributed by atoms with Crippen molar-refractivity contribution in [1.82, 2.24) is 15.6 Å². The van der Waals surface area contributed by atoms with E-state index < -0.39 is 0 Å². The van der Waals surface area contributed by atoms with E-state index in [9.17, 15) is 0 Å². The number of methoxy groups -OCH3 is 2. The van der Waals surface area contributed by atoms with E-state index in [2.05, 4.69) is 40.5 Å². The van der Waals surface area contributed by atoms with Crippen molar-refractivity contribution in [2.75, 3.05) is 27.8 Å². The number of rotatable bonds is 7. The largest absolute Gasteiger partial charge is 0.497 e. The van der Waals surface area contributed by atoms with Gasteiger partial charge in [-0.3, -0.25) is 9.98 Å². The first-order chi connectivity index (χ1) is 12.6. The van der Waals surface area contributed by atoms with Gasteiger partial charge in [-0.05, 0) is 55.7 Å². The number of hydrogen-bond donors (Lipinski definition) is 2. The molecule has 0 aliphatic rings. The number of hydrogen-bond acceptors (Lipinski definition) is 4. The van der Waals surface area contributed by atoms with Crippen molar-refractivity contribution >= 4 is 5.96 Å². The van der Waals surface area contributed by atoms with Gasteiger partial charge in [0.25, 0.3) is 0 Å². The topological polar surface area (TPSA) is 67.8 Å². The second-order valence-corrected chi connectivity index (χ2v) is 6.03. The van der Waals surface area contributed by atoms with Crippen LogP contribution in [0.15, 0.2) is 41.7 Å². The minimum atomic E-state index is 0.00825. The molecule has 1 aromatic carbocycles. The van der Waals surface area contributed by atoms with Gasteiger partial charge in [-0.15, -0.1) is 0 Å². The fourth-order valence-electron chi connectivity index (χ4n) is 2.75. The molecule has 0 saturated heterocycles. The number of ether oxygens (including phenoxy) is 2. The summed E-state index contributed by atoms with van der Waals surface area (Å²) in [6.07, 6.45) is 4.62. The molecule has 1 heterocycles. The lowest BCUT2D eigenvalue weighted by atomic mass is 10.1. The number of nitrogens with one attached hydrogen (secondary N) is 2. The summed E-state index contributed by atoms with van der Waals surface area (Å²) in [5, 5.41) is 6.76. The Bertz CT molecular complexity index is 746. The zero-order valence-corrected chi connectivity index (χ0v) is 16.2. The molecule has 1 atom stereocenters. The smallest absolute Gasteiger partial charge is 0.191 e. The Morgan fingerprint density at radius 3 is 2.69 bits per heavy atom. The van der Waals surface area contributed by atoms with Gasteiger partial charge in [0, 0.05) is 31.5 Å². The van der Waals surface area contributed by atoms with Crippen LogP contribution in [0.4, 0.5) is 0 Å². The van der Waals surface area contributed by atoms with Gasteiger partial charge in [0.1, 0.15) is 11.5 Å². The van der Waals surface area contributed by atoms with Crippen LogP contribution in [0.3, 0.4) is 0 Å². The van der Waals surface area contributed by atoms with Gasteiger partial charge in [-0.25, -0.2) is 0 Å². The van der Waals surface area contributed by atoms with Crippen LogP contribution in [-0.2, 0) is 6.42 Å². The predicted molar refractivity (Wildman–Crippen MR) is 105 cm³/mol. The van der Waals surface area contributed by atoms with E-state index in [1.165, 1.54) is 11.1 Å². The Morgan fingerprint density at radius 2 is 2.04 bits per heavy atom. The fraction of sp³-hybridized carbons (Fsp3) is 0.400. The van der Waals surface area contributed by atoms with E-state index in [-0.39, 0.29) is 6.04 Å². The molecule has 26 heavy (non-hydrogen) atoms. The van der Waals surface area contributed by atoms with Gasteiger partial charge in [0.15, 0.2) is 5.96 Å². The van der Waals surface area contributed by atoms with Crippen LogP contribution in [0.5, 0.6) is 11.5 Å². The summed E-state index contributed by atoms with van der Waals surface area (Å²) in [4.78, 5) is 8.44. The van der Waals surface area contributed by atoms with Crippen molar-refractivity contribution in [3.05, 3.63) is 53.3 Å². The molecule has 0 radical (unpaired) electrons. The third-order valence-corrected chi connectivity index (χ3v) is 4.30.